The lowest BCUT2D eigenvalue weighted by Gasteiger charge is -2.06. The number of aryl methyl sites for hydroxylation is 4. The Hall–Kier alpha value is -4.12. The van der Waals surface area contributed by atoms with Crippen molar-refractivity contribution >= 4 is 49.8 Å². The molecule has 33 heavy (non-hydrogen) atoms. The highest BCUT2D eigenvalue weighted by molar-refractivity contribution is 6.07. The molecule has 0 radical (unpaired) electrons. The zero-order valence-electron chi connectivity index (χ0n) is 19.0. The normalized spacial score (nSPS) is 12.2. The van der Waals surface area contributed by atoms with Crippen LogP contribution < -0.4 is 4.57 Å². The molecule has 0 N–H and O–H groups in total. The molecular weight excluding hydrogens is 408 g/mol. The lowest BCUT2D eigenvalue weighted by molar-refractivity contribution is -0.664. The average Bonchev–Trinajstić information content (AvgIpc) is 3.46. The first kappa shape index (κ1) is 18.5. The summed E-state index contributed by atoms with van der Waals surface area (Å²) in [5.41, 5.74) is 9.88. The fourth-order valence-electron chi connectivity index (χ4n) is 5.24. The van der Waals surface area contributed by atoms with Crippen LogP contribution in [0.3, 0.4) is 0 Å². The summed E-state index contributed by atoms with van der Waals surface area (Å²) in [5, 5.41) is 2.23. The zero-order chi connectivity index (χ0) is 22.4. The van der Waals surface area contributed by atoms with Crippen LogP contribution in [0.4, 0.5) is 0 Å². The Kier molecular flexibility index (Phi) is 3.48. The molecule has 0 fully saturated rings. The van der Waals surface area contributed by atoms with Gasteiger partial charge in [0.1, 0.15) is 5.58 Å². The van der Waals surface area contributed by atoms with Crippen LogP contribution >= 0.6 is 0 Å². The number of nitrogens with zero attached hydrogens (tertiary/aromatic N) is 4. The predicted molar refractivity (Wildman–Crippen MR) is 132 cm³/mol. The molecule has 7 rings (SSSR count). The van der Waals surface area contributed by atoms with E-state index in [9.17, 15) is 0 Å². The van der Waals surface area contributed by atoms with Crippen LogP contribution in [0.15, 0.2) is 71.3 Å². The first-order valence-electron chi connectivity index (χ1n) is 11.2. The van der Waals surface area contributed by atoms with E-state index in [0.717, 1.165) is 55.6 Å². The van der Waals surface area contributed by atoms with Gasteiger partial charge in [-0.3, -0.25) is 4.40 Å². The largest absolute Gasteiger partial charge is 0.447 e. The summed E-state index contributed by atoms with van der Waals surface area (Å²) in [5.74, 6) is 1.87. The van der Waals surface area contributed by atoms with Crippen molar-refractivity contribution in [1.82, 2.24) is 14.0 Å². The number of benzene rings is 3. The van der Waals surface area contributed by atoms with E-state index < -0.39 is 0 Å². The minimum absolute atomic E-state index is 0.866. The third kappa shape index (κ3) is 2.26. The number of hydrogen-bond donors (Lipinski definition) is 0. The van der Waals surface area contributed by atoms with Crippen molar-refractivity contribution in [2.24, 2.45) is 7.05 Å². The Morgan fingerprint density at radius 3 is 2.55 bits per heavy atom. The molecule has 0 saturated heterocycles. The molecule has 0 bridgehead atoms. The average molecular weight is 432 g/mol. The van der Waals surface area contributed by atoms with Gasteiger partial charge in [-0.05, 0) is 56.2 Å². The van der Waals surface area contributed by atoms with Crippen molar-refractivity contribution in [3.63, 3.8) is 0 Å². The number of imidazole rings is 2. The van der Waals surface area contributed by atoms with E-state index in [1.165, 1.54) is 16.7 Å². The van der Waals surface area contributed by atoms with E-state index in [1.807, 2.05) is 12.1 Å². The second kappa shape index (κ2) is 6.23. The number of pyridine rings is 1. The van der Waals surface area contributed by atoms with E-state index in [0.29, 0.717) is 0 Å². The number of para-hydroxylation sites is 2. The first-order valence-corrected chi connectivity index (χ1v) is 11.2. The van der Waals surface area contributed by atoms with Crippen LogP contribution in [-0.4, -0.2) is 14.0 Å². The SMILES string of the molecule is Cc1ccc2c(c1C)n(-c1c3oc4ccccc4c3cc[n+]1C)c1nc3c(C)cccc3n21. The van der Waals surface area contributed by atoms with Gasteiger partial charge >= 0.3 is 11.6 Å². The second-order valence-electron chi connectivity index (χ2n) is 8.99. The molecule has 0 aliphatic heterocycles. The Morgan fingerprint density at radius 1 is 0.818 bits per heavy atom. The van der Waals surface area contributed by atoms with E-state index >= 15 is 0 Å². The Balaban J connectivity index is 1.77. The molecule has 4 aromatic heterocycles. The maximum atomic E-state index is 6.48. The highest BCUT2D eigenvalue weighted by Gasteiger charge is 2.30. The van der Waals surface area contributed by atoms with Gasteiger partial charge < -0.3 is 4.42 Å². The van der Waals surface area contributed by atoms with Crippen molar-refractivity contribution in [1.29, 1.82) is 0 Å². The van der Waals surface area contributed by atoms with E-state index in [1.54, 1.807) is 0 Å². The summed E-state index contributed by atoms with van der Waals surface area (Å²) in [7, 11) is 2.07. The summed E-state index contributed by atoms with van der Waals surface area (Å²) < 4.78 is 13.2. The van der Waals surface area contributed by atoms with Crippen molar-refractivity contribution in [3.05, 3.63) is 83.6 Å². The fourth-order valence-corrected chi connectivity index (χ4v) is 5.24. The maximum absolute atomic E-state index is 6.48. The molecule has 0 atom stereocenters. The minimum atomic E-state index is 0.866. The molecule has 0 saturated carbocycles. The van der Waals surface area contributed by atoms with E-state index in [-0.39, 0.29) is 0 Å². The van der Waals surface area contributed by atoms with Crippen LogP contribution in [-0.2, 0) is 7.05 Å². The van der Waals surface area contributed by atoms with Crippen LogP contribution in [0, 0.1) is 20.8 Å². The topological polar surface area (TPSA) is 39.2 Å². The summed E-state index contributed by atoms with van der Waals surface area (Å²) >= 11 is 0. The molecule has 7 aromatic rings. The minimum Gasteiger partial charge on any atom is -0.447 e. The summed E-state index contributed by atoms with van der Waals surface area (Å²) in [6, 6.07) is 21.2. The molecule has 5 heteroatoms. The van der Waals surface area contributed by atoms with Crippen molar-refractivity contribution in [3.8, 4) is 5.82 Å². The van der Waals surface area contributed by atoms with Gasteiger partial charge in [0.25, 0.3) is 0 Å². The predicted octanol–water partition coefficient (Wildman–Crippen LogP) is 6.08. The third-order valence-corrected chi connectivity index (χ3v) is 7.06. The van der Waals surface area contributed by atoms with Crippen molar-refractivity contribution < 1.29 is 8.98 Å². The molecule has 3 aromatic carbocycles. The summed E-state index contributed by atoms with van der Waals surface area (Å²) in [6.45, 7) is 6.48. The molecule has 5 nitrogen and oxygen atoms in total. The lowest BCUT2D eigenvalue weighted by atomic mass is 10.1. The van der Waals surface area contributed by atoms with Crippen LogP contribution in [0.25, 0.3) is 55.6 Å². The van der Waals surface area contributed by atoms with Gasteiger partial charge in [0.2, 0.25) is 5.58 Å². The highest BCUT2D eigenvalue weighted by Crippen LogP contribution is 2.36. The Bertz CT molecular complexity index is 1920. The molecular formula is C28H23N4O+. The third-order valence-electron chi connectivity index (χ3n) is 7.06. The van der Waals surface area contributed by atoms with Gasteiger partial charge in [0.05, 0.1) is 29.8 Å². The monoisotopic (exact) mass is 431 g/mol. The van der Waals surface area contributed by atoms with Crippen molar-refractivity contribution in [2.75, 3.05) is 0 Å². The number of rotatable bonds is 1. The summed E-state index contributed by atoms with van der Waals surface area (Å²) in [6.07, 6.45) is 2.11. The molecule has 0 amide bonds. The van der Waals surface area contributed by atoms with Crippen LogP contribution in [0.1, 0.15) is 16.7 Å². The fraction of sp³-hybridized carbons (Fsp3) is 0.143. The van der Waals surface area contributed by atoms with E-state index in [4.69, 9.17) is 9.40 Å². The molecule has 0 aliphatic carbocycles. The number of hydrogen-bond acceptors (Lipinski definition) is 2. The van der Waals surface area contributed by atoms with Crippen molar-refractivity contribution in [2.45, 2.75) is 20.8 Å². The molecule has 0 unspecified atom stereocenters. The Morgan fingerprint density at radius 2 is 1.67 bits per heavy atom. The second-order valence-corrected chi connectivity index (χ2v) is 8.99. The van der Waals surface area contributed by atoms with Gasteiger partial charge in [0, 0.05) is 16.3 Å². The number of fused-ring (bicyclic) bond motifs is 8. The first-order chi connectivity index (χ1) is 16.0. The zero-order valence-corrected chi connectivity index (χ0v) is 19.0. The van der Waals surface area contributed by atoms with Gasteiger partial charge in [-0.15, -0.1) is 0 Å². The number of aromatic nitrogens is 4. The van der Waals surface area contributed by atoms with Gasteiger partial charge in [0.15, 0.2) is 5.52 Å². The molecule has 0 spiro atoms. The van der Waals surface area contributed by atoms with Gasteiger partial charge in [-0.25, -0.2) is 4.57 Å². The van der Waals surface area contributed by atoms with Gasteiger partial charge in [-0.1, -0.05) is 36.4 Å². The molecule has 4 heterocycles. The highest BCUT2D eigenvalue weighted by atomic mass is 16.3. The molecule has 160 valence electrons. The summed E-state index contributed by atoms with van der Waals surface area (Å²) in [4.78, 5) is 5.17. The smallest absolute Gasteiger partial charge is 0.333 e. The quantitative estimate of drug-likeness (QED) is 0.296. The lowest BCUT2D eigenvalue weighted by Crippen LogP contribution is -2.33. The Labute approximate surface area is 190 Å². The van der Waals surface area contributed by atoms with E-state index in [2.05, 4.69) is 96.1 Å². The van der Waals surface area contributed by atoms with Crippen LogP contribution in [0.5, 0.6) is 0 Å². The maximum Gasteiger partial charge on any atom is 0.333 e. The number of furan rings is 1. The molecule has 0 aliphatic rings. The van der Waals surface area contributed by atoms with Gasteiger partial charge in [-0.2, -0.15) is 9.55 Å². The standard InChI is InChI=1S/C28H23N4O/c1-16-12-13-22-25(18(16)3)32(28-29-24-17(2)8-7-10-21(24)31(22)28)27-26-20(14-15-30(27)4)19-9-5-6-11-23(19)33-26/h5-15H,1-4H3/q+1. The van der Waals surface area contributed by atoms with Crippen LogP contribution in [0.2, 0.25) is 0 Å².